The molecule has 0 spiro atoms. The lowest BCUT2D eigenvalue weighted by molar-refractivity contribution is -0.136. The summed E-state index contributed by atoms with van der Waals surface area (Å²) in [7, 11) is 0. The molecule has 104 valence electrons. The molecule has 1 fully saturated rings. The minimum absolute atomic E-state index is 0.0713. The Kier molecular flexibility index (Phi) is 5.28. The molecule has 0 radical (unpaired) electrons. The van der Waals surface area contributed by atoms with Crippen LogP contribution in [0.4, 0.5) is 0 Å². The second-order valence-electron chi connectivity index (χ2n) is 4.80. The van der Waals surface area contributed by atoms with E-state index in [1.54, 1.807) is 0 Å². The highest BCUT2D eigenvalue weighted by Gasteiger charge is 2.23. The second-order valence-corrected chi connectivity index (χ2v) is 6.57. The van der Waals surface area contributed by atoms with Crippen molar-refractivity contribution in [2.75, 3.05) is 13.2 Å². The van der Waals surface area contributed by atoms with Crippen LogP contribution in [0, 0.1) is 0 Å². The zero-order valence-electron chi connectivity index (χ0n) is 10.9. The van der Waals surface area contributed by atoms with Crippen LogP contribution in [0.2, 0.25) is 0 Å². The normalized spacial score (nSPS) is 19.3. The summed E-state index contributed by atoms with van der Waals surface area (Å²) >= 11 is 6.81. The SMILES string of the molecule is CC1CCCCN1C(=O)COc1ccc(Br)cc1Br. The van der Waals surface area contributed by atoms with Gasteiger partial charge in [-0.2, -0.15) is 0 Å². The Morgan fingerprint density at radius 1 is 1.42 bits per heavy atom. The quantitative estimate of drug-likeness (QED) is 0.780. The molecule has 1 aromatic rings. The first-order valence-electron chi connectivity index (χ1n) is 6.45. The van der Waals surface area contributed by atoms with Gasteiger partial charge in [0.1, 0.15) is 5.75 Å². The number of ether oxygens (including phenoxy) is 1. The number of nitrogens with zero attached hydrogens (tertiary/aromatic N) is 1. The van der Waals surface area contributed by atoms with Crippen molar-refractivity contribution in [2.24, 2.45) is 0 Å². The number of piperidine rings is 1. The van der Waals surface area contributed by atoms with E-state index in [1.807, 2.05) is 23.1 Å². The molecule has 0 bridgehead atoms. The average Bonchev–Trinajstić information content (AvgIpc) is 2.38. The molecule has 3 nitrogen and oxygen atoms in total. The number of carbonyl (C=O) groups excluding carboxylic acids is 1. The predicted octanol–water partition coefficient (Wildman–Crippen LogP) is 3.99. The minimum atomic E-state index is 0.0713. The fraction of sp³-hybridized carbons (Fsp3) is 0.500. The van der Waals surface area contributed by atoms with Gasteiger partial charge in [0.2, 0.25) is 0 Å². The number of carbonyl (C=O) groups is 1. The van der Waals surface area contributed by atoms with Gasteiger partial charge >= 0.3 is 0 Å². The molecule has 19 heavy (non-hydrogen) atoms. The molecule has 0 aliphatic carbocycles. The number of hydrogen-bond donors (Lipinski definition) is 0. The molecule has 0 saturated carbocycles. The maximum Gasteiger partial charge on any atom is 0.260 e. The van der Waals surface area contributed by atoms with Crippen LogP contribution < -0.4 is 4.74 Å². The third-order valence-electron chi connectivity index (χ3n) is 3.37. The van der Waals surface area contributed by atoms with E-state index in [9.17, 15) is 4.79 Å². The van der Waals surface area contributed by atoms with Crippen LogP contribution in [-0.2, 0) is 4.79 Å². The molecular formula is C14H17Br2NO2. The van der Waals surface area contributed by atoms with Crippen molar-refractivity contribution in [3.63, 3.8) is 0 Å². The van der Waals surface area contributed by atoms with Gasteiger partial charge in [-0.25, -0.2) is 0 Å². The number of halogens is 2. The third-order valence-corrected chi connectivity index (χ3v) is 4.48. The molecule has 0 aromatic heterocycles. The topological polar surface area (TPSA) is 29.5 Å². The van der Waals surface area contributed by atoms with Crippen molar-refractivity contribution in [3.05, 3.63) is 27.1 Å². The first-order valence-corrected chi connectivity index (χ1v) is 8.04. The summed E-state index contributed by atoms with van der Waals surface area (Å²) in [5.74, 6) is 0.767. The van der Waals surface area contributed by atoms with Gasteiger partial charge in [-0.3, -0.25) is 4.79 Å². The Morgan fingerprint density at radius 3 is 2.89 bits per heavy atom. The van der Waals surface area contributed by atoms with E-state index < -0.39 is 0 Å². The van der Waals surface area contributed by atoms with Crippen molar-refractivity contribution in [1.82, 2.24) is 4.90 Å². The van der Waals surface area contributed by atoms with Gasteiger partial charge in [0.15, 0.2) is 6.61 Å². The summed E-state index contributed by atoms with van der Waals surface area (Å²) in [6, 6.07) is 5.98. The Morgan fingerprint density at radius 2 is 2.21 bits per heavy atom. The number of amides is 1. The molecule has 1 atom stereocenters. The van der Waals surface area contributed by atoms with E-state index in [0.29, 0.717) is 11.8 Å². The lowest BCUT2D eigenvalue weighted by atomic mass is 10.0. The number of likely N-dealkylation sites (tertiary alicyclic amines) is 1. The van der Waals surface area contributed by atoms with Crippen molar-refractivity contribution in [3.8, 4) is 5.75 Å². The second kappa shape index (κ2) is 6.75. The van der Waals surface area contributed by atoms with Gasteiger partial charge in [-0.05, 0) is 60.3 Å². The van der Waals surface area contributed by atoms with Gasteiger partial charge in [-0.1, -0.05) is 15.9 Å². The summed E-state index contributed by atoms with van der Waals surface area (Å²) in [5, 5.41) is 0. The molecule has 2 rings (SSSR count). The van der Waals surface area contributed by atoms with Crippen LogP contribution in [0.1, 0.15) is 26.2 Å². The monoisotopic (exact) mass is 389 g/mol. The van der Waals surface area contributed by atoms with Crippen LogP contribution in [0.25, 0.3) is 0 Å². The molecule has 1 heterocycles. The van der Waals surface area contributed by atoms with Crippen LogP contribution in [-0.4, -0.2) is 30.0 Å². The van der Waals surface area contributed by atoms with Crippen LogP contribution in [0.3, 0.4) is 0 Å². The van der Waals surface area contributed by atoms with E-state index in [2.05, 4.69) is 38.8 Å². The zero-order chi connectivity index (χ0) is 13.8. The van der Waals surface area contributed by atoms with Gasteiger partial charge in [0.25, 0.3) is 5.91 Å². The molecule has 1 unspecified atom stereocenters. The van der Waals surface area contributed by atoms with Gasteiger partial charge in [0, 0.05) is 17.1 Å². The Bertz CT molecular complexity index is 465. The van der Waals surface area contributed by atoms with E-state index in [1.165, 1.54) is 6.42 Å². The fourth-order valence-electron chi connectivity index (χ4n) is 2.28. The Labute approximate surface area is 130 Å². The van der Waals surface area contributed by atoms with Crippen molar-refractivity contribution in [1.29, 1.82) is 0 Å². The third kappa shape index (κ3) is 3.96. The van der Waals surface area contributed by atoms with Gasteiger partial charge in [0.05, 0.1) is 4.47 Å². The molecule has 1 saturated heterocycles. The van der Waals surface area contributed by atoms with Crippen molar-refractivity contribution in [2.45, 2.75) is 32.2 Å². The van der Waals surface area contributed by atoms with Crippen molar-refractivity contribution < 1.29 is 9.53 Å². The summed E-state index contributed by atoms with van der Waals surface area (Å²) in [6.07, 6.45) is 3.40. The lowest BCUT2D eigenvalue weighted by Gasteiger charge is -2.33. The largest absolute Gasteiger partial charge is 0.483 e. The number of rotatable bonds is 3. The molecule has 1 aliphatic heterocycles. The van der Waals surface area contributed by atoms with Gasteiger partial charge in [-0.15, -0.1) is 0 Å². The summed E-state index contributed by atoms with van der Waals surface area (Å²) < 4.78 is 7.42. The highest BCUT2D eigenvalue weighted by molar-refractivity contribution is 9.11. The lowest BCUT2D eigenvalue weighted by Crippen LogP contribution is -2.44. The highest BCUT2D eigenvalue weighted by Crippen LogP contribution is 2.28. The average molecular weight is 391 g/mol. The smallest absolute Gasteiger partial charge is 0.260 e. The first kappa shape index (κ1) is 14.9. The summed E-state index contributed by atoms with van der Waals surface area (Å²) in [5.41, 5.74) is 0. The van der Waals surface area contributed by atoms with E-state index in [0.717, 1.165) is 28.3 Å². The zero-order valence-corrected chi connectivity index (χ0v) is 14.0. The molecule has 0 N–H and O–H groups in total. The van der Waals surface area contributed by atoms with Crippen molar-refractivity contribution >= 4 is 37.8 Å². The van der Waals surface area contributed by atoms with Crippen LogP contribution >= 0.6 is 31.9 Å². The maximum absolute atomic E-state index is 12.1. The van der Waals surface area contributed by atoms with E-state index in [4.69, 9.17) is 4.74 Å². The number of hydrogen-bond acceptors (Lipinski definition) is 2. The molecule has 1 aliphatic rings. The first-order chi connectivity index (χ1) is 9.08. The predicted molar refractivity (Wildman–Crippen MR) is 82.4 cm³/mol. The summed E-state index contributed by atoms with van der Waals surface area (Å²) in [4.78, 5) is 14.1. The fourth-order valence-corrected chi connectivity index (χ4v) is 3.44. The summed E-state index contributed by atoms with van der Waals surface area (Å²) in [6.45, 7) is 3.06. The van der Waals surface area contributed by atoms with E-state index in [-0.39, 0.29) is 12.5 Å². The molecule has 1 amide bonds. The van der Waals surface area contributed by atoms with E-state index >= 15 is 0 Å². The van der Waals surface area contributed by atoms with Gasteiger partial charge < -0.3 is 9.64 Å². The van der Waals surface area contributed by atoms with Crippen LogP contribution in [0.15, 0.2) is 27.1 Å². The Balaban J connectivity index is 1.92. The Hall–Kier alpha value is -0.550. The molecule has 5 heteroatoms. The number of benzene rings is 1. The highest BCUT2D eigenvalue weighted by atomic mass is 79.9. The minimum Gasteiger partial charge on any atom is -0.483 e. The standard InChI is InChI=1S/C14H17Br2NO2/c1-10-4-2-3-7-17(10)14(18)9-19-13-6-5-11(15)8-12(13)16/h5-6,8,10H,2-4,7,9H2,1H3. The van der Waals surface area contributed by atoms with Crippen LogP contribution in [0.5, 0.6) is 5.75 Å². The maximum atomic E-state index is 12.1. The molecular weight excluding hydrogens is 374 g/mol. The molecule has 1 aromatic carbocycles.